The van der Waals surface area contributed by atoms with Gasteiger partial charge in [0, 0.05) is 24.7 Å². The van der Waals surface area contributed by atoms with Crippen molar-refractivity contribution in [2.75, 3.05) is 20.3 Å². The van der Waals surface area contributed by atoms with Crippen molar-refractivity contribution in [2.24, 2.45) is 5.73 Å². The van der Waals surface area contributed by atoms with Crippen molar-refractivity contribution >= 4 is 0 Å². The van der Waals surface area contributed by atoms with Crippen LogP contribution in [0.4, 0.5) is 8.78 Å². The van der Waals surface area contributed by atoms with Gasteiger partial charge in [0.2, 0.25) is 0 Å². The van der Waals surface area contributed by atoms with Crippen molar-refractivity contribution in [1.29, 1.82) is 0 Å². The predicted molar refractivity (Wildman–Crippen MR) is 111 cm³/mol. The van der Waals surface area contributed by atoms with Gasteiger partial charge in [-0.1, -0.05) is 12.1 Å². The van der Waals surface area contributed by atoms with Gasteiger partial charge in [-0.25, -0.2) is 8.78 Å². The molecule has 0 aliphatic heterocycles. The van der Waals surface area contributed by atoms with Crippen molar-refractivity contribution in [3.8, 4) is 5.75 Å². The molecule has 3 rings (SSSR count). The molecule has 162 valence electrons. The molecule has 4 atom stereocenters. The molecule has 7 heteroatoms. The van der Waals surface area contributed by atoms with Crippen LogP contribution in [0.5, 0.6) is 5.75 Å². The fourth-order valence-electron chi connectivity index (χ4n) is 3.83. The number of aliphatic hydroxyl groups excluding tert-OH is 1. The largest absolute Gasteiger partial charge is 0.497 e. The molecule has 0 bridgehead atoms. The number of methoxy groups -OCH3 is 1. The molecule has 0 amide bonds. The third kappa shape index (κ3) is 5.43. The third-order valence-electron chi connectivity index (χ3n) is 5.34. The fourth-order valence-corrected chi connectivity index (χ4v) is 3.83. The first-order valence-corrected chi connectivity index (χ1v) is 9.93. The summed E-state index contributed by atoms with van der Waals surface area (Å²) in [4.78, 5) is 0. The summed E-state index contributed by atoms with van der Waals surface area (Å²) in [5.41, 5.74) is 8.61. The lowest BCUT2D eigenvalue weighted by molar-refractivity contribution is 0.0678. The van der Waals surface area contributed by atoms with Crippen LogP contribution in [0.15, 0.2) is 49.1 Å². The molecule has 30 heavy (non-hydrogen) atoms. The lowest BCUT2D eigenvalue weighted by atomic mass is 10.0. The summed E-state index contributed by atoms with van der Waals surface area (Å²) in [5.74, 6) is -0.575. The molecule has 4 N–H and O–H groups in total. The summed E-state index contributed by atoms with van der Waals surface area (Å²) >= 11 is 0. The average molecular weight is 418 g/mol. The van der Waals surface area contributed by atoms with E-state index in [-0.39, 0.29) is 25.1 Å². The number of nitrogens with one attached hydrogen (secondary N) is 1. The number of benzene rings is 2. The molecule has 0 aromatic heterocycles. The van der Waals surface area contributed by atoms with Gasteiger partial charge >= 0.3 is 0 Å². The molecule has 0 radical (unpaired) electrons. The zero-order valence-corrected chi connectivity index (χ0v) is 17.0. The van der Waals surface area contributed by atoms with Crippen molar-refractivity contribution < 1.29 is 23.4 Å². The highest BCUT2D eigenvalue weighted by Gasteiger charge is 2.32. The minimum Gasteiger partial charge on any atom is -0.497 e. The first-order valence-electron chi connectivity index (χ1n) is 9.93. The third-order valence-corrected chi connectivity index (χ3v) is 5.34. The molecular formula is C23H28F2N2O3. The topological polar surface area (TPSA) is 76.7 Å². The Morgan fingerprint density at radius 3 is 2.63 bits per heavy atom. The summed E-state index contributed by atoms with van der Waals surface area (Å²) in [7, 11) is 1.61. The summed E-state index contributed by atoms with van der Waals surface area (Å²) in [6, 6.07) is 8.40. The van der Waals surface area contributed by atoms with Gasteiger partial charge in [-0.2, -0.15) is 0 Å². The van der Waals surface area contributed by atoms with E-state index in [9.17, 15) is 13.9 Å². The van der Waals surface area contributed by atoms with E-state index in [1.807, 2.05) is 18.2 Å². The van der Waals surface area contributed by atoms with Gasteiger partial charge in [-0.15, -0.1) is 6.58 Å². The van der Waals surface area contributed by atoms with Crippen LogP contribution in [0.1, 0.15) is 35.3 Å². The number of hydrogen-bond acceptors (Lipinski definition) is 5. The van der Waals surface area contributed by atoms with E-state index < -0.39 is 23.8 Å². The van der Waals surface area contributed by atoms with Gasteiger partial charge < -0.3 is 25.6 Å². The molecule has 1 aliphatic carbocycles. The van der Waals surface area contributed by atoms with E-state index in [2.05, 4.69) is 11.9 Å². The smallest absolute Gasteiger partial charge is 0.126 e. The SMILES string of the molecule is C=CCO[C@@H]1C[C@@H](NC[C@@H](O)[C@@H](N)Cc2cc(F)cc(F)c2)c2cc(OC)ccc21. The molecule has 2 aromatic carbocycles. The number of rotatable bonds is 10. The molecule has 0 spiro atoms. The maximum atomic E-state index is 13.4. The molecule has 0 unspecified atom stereocenters. The first kappa shape index (κ1) is 22.4. The number of aliphatic hydroxyl groups is 1. The number of halogens is 2. The second-order valence-corrected chi connectivity index (χ2v) is 7.52. The van der Waals surface area contributed by atoms with Crippen molar-refractivity contribution in [2.45, 2.75) is 37.1 Å². The zero-order valence-electron chi connectivity index (χ0n) is 17.0. The Labute approximate surface area is 175 Å². The first-order chi connectivity index (χ1) is 14.4. The van der Waals surface area contributed by atoms with Gasteiger partial charge in [0.15, 0.2) is 0 Å². The van der Waals surface area contributed by atoms with Crippen LogP contribution in [0.25, 0.3) is 0 Å². The van der Waals surface area contributed by atoms with Crippen LogP contribution in [0, 0.1) is 11.6 Å². The van der Waals surface area contributed by atoms with E-state index in [0.717, 1.165) is 22.9 Å². The van der Waals surface area contributed by atoms with Crippen LogP contribution in [-0.2, 0) is 11.2 Å². The Bertz CT molecular complexity index is 857. The highest BCUT2D eigenvalue weighted by atomic mass is 19.1. The standard InChI is InChI=1S/C23H28F2N2O3/c1-3-6-30-23-12-21(19-11-17(29-2)4-5-18(19)23)27-13-22(28)20(26)9-14-7-15(24)10-16(25)8-14/h3-5,7-8,10-11,20-23,27-28H,1,6,9,12-13,26H2,2H3/t20-,21+,22+,23+/m0/s1. The second kappa shape index (κ2) is 10.1. The number of fused-ring (bicyclic) bond motifs is 1. The quantitative estimate of drug-likeness (QED) is 0.517. The van der Waals surface area contributed by atoms with Crippen LogP contribution < -0.4 is 15.8 Å². The van der Waals surface area contributed by atoms with Crippen LogP contribution in [0.2, 0.25) is 0 Å². The Balaban J connectivity index is 1.63. The Morgan fingerprint density at radius 1 is 1.23 bits per heavy atom. The summed E-state index contributed by atoms with van der Waals surface area (Å²) in [6.07, 6.45) is 1.61. The van der Waals surface area contributed by atoms with Gasteiger partial charge in [0.05, 0.1) is 25.9 Å². The molecule has 0 heterocycles. The highest BCUT2D eigenvalue weighted by Crippen LogP contribution is 2.42. The van der Waals surface area contributed by atoms with Crippen LogP contribution in [0.3, 0.4) is 0 Å². The average Bonchev–Trinajstić information content (AvgIpc) is 3.06. The number of nitrogens with two attached hydrogens (primary N) is 1. The molecule has 5 nitrogen and oxygen atoms in total. The molecule has 0 fully saturated rings. The maximum absolute atomic E-state index is 13.4. The lowest BCUT2D eigenvalue weighted by Gasteiger charge is -2.22. The number of hydrogen-bond donors (Lipinski definition) is 3. The van der Waals surface area contributed by atoms with Crippen molar-refractivity contribution in [1.82, 2.24) is 5.32 Å². The number of ether oxygens (including phenoxy) is 2. The minimum atomic E-state index is -0.890. The summed E-state index contributed by atoms with van der Waals surface area (Å²) in [6.45, 7) is 4.37. The van der Waals surface area contributed by atoms with E-state index >= 15 is 0 Å². The van der Waals surface area contributed by atoms with E-state index in [1.165, 1.54) is 12.1 Å². The monoisotopic (exact) mass is 418 g/mol. The van der Waals surface area contributed by atoms with Gasteiger partial charge in [0.1, 0.15) is 17.4 Å². The molecule has 0 saturated carbocycles. The summed E-state index contributed by atoms with van der Waals surface area (Å²) < 4.78 is 38.0. The van der Waals surface area contributed by atoms with Gasteiger partial charge in [-0.3, -0.25) is 0 Å². The van der Waals surface area contributed by atoms with Crippen molar-refractivity contribution in [3.63, 3.8) is 0 Å². The molecule has 0 saturated heterocycles. The molecule has 1 aliphatic rings. The second-order valence-electron chi connectivity index (χ2n) is 7.52. The maximum Gasteiger partial charge on any atom is 0.126 e. The van der Waals surface area contributed by atoms with E-state index in [4.69, 9.17) is 15.2 Å². The minimum absolute atomic E-state index is 0.0432. The van der Waals surface area contributed by atoms with Crippen LogP contribution in [-0.4, -0.2) is 37.5 Å². The molecule has 2 aromatic rings. The van der Waals surface area contributed by atoms with Crippen molar-refractivity contribution in [3.05, 3.63) is 77.4 Å². The zero-order chi connectivity index (χ0) is 21.7. The normalized spacial score (nSPS) is 19.9. The Kier molecular flexibility index (Phi) is 7.55. The highest BCUT2D eigenvalue weighted by molar-refractivity contribution is 5.42. The predicted octanol–water partition coefficient (Wildman–Crippen LogP) is 3.18. The molecular weight excluding hydrogens is 390 g/mol. The lowest BCUT2D eigenvalue weighted by Crippen LogP contribution is -2.43. The van der Waals surface area contributed by atoms with E-state index in [1.54, 1.807) is 13.2 Å². The summed E-state index contributed by atoms with van der Waals surface area (Å²) in [5, 5.41) is 13.8. The fraction of sp³-hybridized carbons (Fsp3) is 0.391. The van der Waals surface area contributed by atoms with Crippen LogP contribution >= 0.6 is 0 Å². The van der Waals surface area contributed by atoms with Gasteiger partial charge in [0.25, 0.3) is 0 Å². The Morgan fingerprint density at radius 2 is 1.97 bits per heavy atom. The van der Waals surface area contributed by atoms with Gasteiger partial charge in [-0.05, 0) is 53.8 Å². The van der Waals surface area contributed by atoms with E-state index in [0.29, 0.717) is 18.6 Å². The Hall–Kier alpha value is -2.32.